The molecule has 2 rings (SSSR count). The maximum absolute atomic E-state index is 11.8. The van der Waals surface area contributed by atoms with Crippen molar-refractivity contribution in [3.63, 3.8) is 0 Å². The molecular weight excluding hydrogens is 336 g/mol. The summed E-state index contributed by atoms with van der Waals surface area (Å²) in [6, 6.07) is 8.65. The maximum Gasteiger partial charge on any atom is 0.221 e. The van der Waals surface area contributed by atoms with Crippen LogP contribution in [-0.4, -0.2) is 30.3 Å². The van der Waals surface area contributed by atoms with E-state index in [1.54, 1.807) is 11.8 Å². The van der Waals surface area contributed by atoms with Crippen LogP contribution in [-0.2, 0) is 4.79 Å². The van der Waals surface area contributed by atoms with Gasteiger partial charge in [0.2, 0.25) is 5.91 Å². The fourth-order valence-corrected chi connectivity index (χ4v) is 3.46. The third kappa shape index (κ3) is 5.46. The Labute approximate surface area is 133 Å². The van der Waals surface area contributed by atoms with Gasteiger partial charge in [0.1, 0.15) is 0 Å². The lowest BCUT2D eigenvalue weighted by Gasteiger charge is -2.14. The van der Waals surface area contributed by atoms with Gasteiger partial charge in [-0.2, -0.15) is 0 Å². The van der Waals surface area contributed by atoms with Crippen LogP contribution in [0.2, 0.25) is 0 Å². The first-order valence-corrected chi connectivity index (χ1v) is 8.73. The van der Waals surface area contributed by atoms with E-state index >= 15 is 0 Å². The molecule has 0 saturated carbocycles. The third-order valence-electron chi connectivity index (χ3n) is 3.33. The molecule has 3 nitrogen and oxygen atoms in total. The van der Waals surface area contributed by atoms with Crippen molar-refractivity contribution in [2.45, 2.75) is 42.4 Å². The Morgan fingerprint density at radius 2 is 2.25 bits per heavy atom. The molecule has 0 radical (unpaired) electrons. The first kappa shape index (κ1) is 15.9. The van der Waals surface area contributed by atoms with Crippen LogP contribution in [0.1, 0.15) is 26.2 Å². The Kier molecular flexibility index (Phi) is 6.39. The van der Waals surface area contributed by atoms with E-state index in [4.69, 9.17) is 0 Å². The Morgan fingerprint density at radius 1 is 1.50 bits per heavy atom. The van der Waals surface area contributed by atoms with Crippen molar-refractivity contribution in [3.8, 4) is 0 Å². The highest BCUT2D eigenvalue weighted by atomic mass is 79.9. The van der Waals surface area contributed by atoms with Crippen LogP contribution in [0.25, 0.3) is 0 Å². The average Bonchev–Trinajstić information content (AvgIpc) is 2.92. The number of hydrogen-bond acceptors (Lipinski definition) is 3. The fourth-order valence-electron chi connectivity index (χ4n) is 2.27. The number of carbonyl (C=O) groups is 1. The maximum atomic E-state index is 11.8. The molecule has 0 aliphatic carbocycles. The van der Waals surface area contributed by atoms with Crippen molar-refractivity contribution >= 4 is 33.6 Å². The smallest absolute Gasteiger partial charge is 0.221 e. The van der Waals surface area contributed by atoms with E-state index in [1.165, 1.54) is 11.3 Å². The molecular formula is C15H21BrN2OS. The molecule has 2 unspecified atom stereocenters. The van der Waals surface area contributed by atoms with Crippen molar-refractivity contribution in [3.05, 3.63) is 28.7 Å². The normalized spacial score (nSPS) is 19.8. The first-order valence-electron chi connectivity index (χ1n) is 7.06. The number of carbonyl (C=O) groups excluding carboxylic acids is 1. The molecule has 2 atom stereocenters. The minimum atomic E-state index is 0.160. The van der Waals surface area contributed by atoms with E-state index in [9.17, 15) is 4.79 Å². The lowest BCUT2D eigenvalue weighted by atomic mass is 10.1. The minimum Gasteiger partial charge on any atom is -0.355 e. The number of amides is 1. The first-order chi connectivity index (χ1) is 9.63. The number of halogens is 1. The predicted molar refractivity (Wildman–Crippen MR) is 88.1 cm³/mol. The van der Waals surface area contributed by atoms with Crippen molar-refractivity contribution < 1.29 is 4.79 Å². The molecule has 2 N–H and O–H groups in total. The number of thioether (sulfide) groups is 1. The third-order valence-corrected chi connectivity index (χ3v) is 4.97. The van der Waals surface area contributed by atoms with Gasteiger partial charge in [-0.1, -0.05) is 22.9 Å². The Hall–Kier alpha value is -0.520. The molecule has 0 spiro atoms. The fraction of sp³-hybridized carbons (Fsp3) is 0.533. The summed E-state index contributed by atoms with van der Waals surface area (Å²) in [5, 5.41) is 6.75. The van der Waals surface area contributed by atoms with Crippen LogP contribution in [0.5, 0.6) is 0 Å². The van der Waals surface area contributed by atoms with Crippen LogP contribution in [0.3, 0.4) is 0 Å². The van der Waals surface area contributed by atoms with Crippen LogP contribution in [0.15, 0.2) is 33.6 Å². The van der Waals surface area contributed by atoms with Gasteiger partial charge < -0.3 is 10.6 Å². The zero-order chi connectivity index (χ0) is 14.4. The summed E-state index contributed by atoms with van der Waals surface area (Å²) >= 11 is 5.22. The topological polar surface area (TPSA) is 41.1 Å². The van der Waals surface area contributed by atoms with Crippen LogP contribution in [0.4, 0.5) is 0 Å². The largest absolute Gasteiger partial charge is 0.355 e. The standard InChI is InChI=1S/C15H21BrN2OS/c1-11(20-14-6-4-12(16)5-7-14)10-18-15(19)9-13-3-2-8-17-13/h4-7,11,13,17H,2-3,8-10H2,1H3,(H,18,19). The molecule has 1 aromatic rings. The van der Waals surface area contributed by atoms with E-state index in [0.717, 1.165) is 17.4 Å². The number of benzene rings is 1. The number of nitrogens with one attached hydrogen (secondary N) is 2. The van der Waals surface area contributed by atoms with E-state index < -0.39 is 0 Å². The SMILES string of the molecule is CC(CNC(=O)CC1CCCN1)Sc1ccc(Br)cc1. The lowest BCUT2D eigenvalue weighted by Crippen LogP contribution is -2.34. The van der Waals surface area contributed by atoms with Gasteiger partial charge in [0.15, 0.2) is 0 Å². The van der Waals surface area contributed by atoms with Gasteiger partial charge in [-0.25, -0.2) is 0 Å². The van der Waals surface area contributed by atoms with Gasteiger partial charge >= 0.3 is 0 Å². The van der Waals surface area contributed by atoms with E-state index in [-0.39, 0.29) is 5.91 Å². The van der Waals surface area contributed by atoms with Gasteiger partial charge in [-0.05, 0) is 43.7 Å². The zero-order valence-corrected chi connectivity index (χ0v) is 14.1. The van der Waals surface area contributed by atoms with Gasteiger partial charge in [0, 0.05) is 33.6 Å². The Bertz CT molecular complexity index is 432. The summed E-state index contributed by atoms with van der Waals surface area (Å²) in [6.07, 6.45) is 2.92. The summed E-state index contributed by atoms with van der Waals surface area (Å²) in [5.41, 5.74) is 0. The number of hydrogen-bond donors (Lipinski definition) is 2. The molecule has 1 saturated heterocycles. The second-order valence-electron chi connectivity index (χ2n) is 5.18. The molecule has 1 amide bonds. The highest BCUT2D eigenvalue weighted by Gasteiger charge is 2.17. The highest BCUT2D eigenvalue weighted by Crippen LogP contribution is 2.24. The van der Waals surface area contributed by atoms with E-state index in [1.807, 2.05) is 12.1 Å². The van der Waals surface area contributed by atoms with Crippen LogP contribution >= 0.6 is 27.7 Å². The summed E-state index contributed by atoms with van der Waals surface area (Å²) in [6.45, 7) is 3.90. The molecule has 1 fully saturated rings. The summed E-state index contributed by atoms with van der Waals surface area (Å²) in [5.74, 6) is 0.160. The van der Waals surface area contributed by atoms with E-state index in [0.29, 0.717) is 24.3 Å². The van der Waals surface area contributed by atoms with Gasteiger partial charge in [0.25, 0.3) is 0 Å². The van der Waals surface area contributed by atoms with Crippen molar-refractivity contribution in [1.82, 2.24) is 10.6 Å². The van der Waals surface area contributed by atoms with Gasteiger partial charge in [0.05, 0.1) is 0 Å². The number of rotatable bonds is 6. The monoisotopic (exact) mass is 356 g/mol. The van der Waals surface area contributed by atoms with E-state index in [2.05, 4.69) is 45.6 Å². The van der Waals surface area contributed by atoms with Crippen LogP contribution < -0.4 is 10.6 Å². The van der Waals surface area contributed by atoms with Crippen molar-refractivity contribution in [1.29, 1.82) is 0 Å². The van der Waals surface area contributed by atoms with Crippen molar-refractivity contribution in [2.75, 3.05) is 13.1 Å². The molecule has 1 aliphatic rings. The molecule has 1 aliphatic heterocycles. The molecule has 0 aromatic heterocycles. The Balaban J connectivity index is 1.67. The molecule has 5 heteroatoms. The molecule has 110 valence electrons. The second kappa shape index (κ2) is 8.05. The molecule has 1 aromatic carbocycles. The highest BCUT2D eigenvalue weighted by molar-refractivity contribution is 9.10. The molecule has 0 bridgehead atoms. The molecule has 20 heavy (non-hydrogen) atoms. The summed E-state index contributed by atoms with van der Waals surface area (Å²) in [4.78, 5) is 13.1. The lowest BCUT2D eigenvalue weighted by molar-refractivity contribution is -0.121. The Morgan fingerprint density at radius 3 is 2.90 bits per heavy atom. The zero-order valence-electron chi connectivity index (χ0n) is 11.7. The average molecular weight is 357 g/mol. The van der Waals surface area contributed by atoms with Crippen molar-refractivity contribution in [2.24, 2.45) is 0 Å². The quantitative estimate of drug-likeness (QED) is 0.769. The van der Waals surface area contributed by atoms with Crippen LogP contribution in [0, 0.1) is 0 Å². The second-order valence-corrected chi connectivity index (χ2v) is 7.61. The summed E-state index contributed by atoms with van der Waals surface area (Å²) in [7, 11) is 0. The van der Waals surface area contributed by atoms with Gasteiger partial charge in [-0.15, -0.1) is 11.8 Å². The summed E-state index contributed by atoms with van der Waals surface area (Å²) < 4.78 is 1.09. The van der Waals surface area contributed by atoms with Gasteiger partial charge in [-0.3, -0.25) is 4.79 Å². The minimum absolute atomic E-state index is 0.160. The predicted octanol–water partition coefficient (Wildman–Crippen LogP) is 3.19. The molecule has 1 heterocycles.